The summed E-state index contributed by atoms with van der Waals surface area (Å²) in [5.74, 6) is 0. The van der Waals surface area contributed by atoms with Crippen LogP contribution < -0.4 is 0 Å². The van der Waals surface area contributed by atoms with Crippen LogP contribution >= 0.6 is 0 Å². The van der Waals surface area contributed by atoms with Gasteiger partial charge in [0.25, 0.3) is 0 Å². The Morgan fingerprint density at radius 2 is 0.741 bits per heavy atom. The molecule has 4 aromatic rings. The van der Waals surface area contributed by atoms with Crippen molar-refractivity contribution in [1.82, 2.24) is 0 Å². The molecule has 0 N–H and O–H groups in total. The van der Waals surface area contributed by atoms with Crippen molar-refractivity contribution >= 4 is 13.0 Å². The monoisotopic (exact) mass is 343 g/mol. The first-order valence-electron chi connectivity index (χ1n) is 9.18. The Kier molecular flexibility index (Phi) is 4.85. The Balaban J connectivity index is 2.08. The minimum absolute atomic E-state index is 0.564. The van der Waals surface area contributed by atoms with Crippen LogP contribution in [0.5, 0.6) is 0 Å². The fraction of sp³-hybridized carbons (Fsp3) is 0.0385. The van der Waals surface area contributed by atoms with Crippen LogP contribution in [0.2, 0.25) is 0 Å². The van der Waals surface area contributed by atoms with Crippen LogP contribution in [0, 0.1) is 0 Å². The van der Waals surface area contributed by atoms with E-state index in [4.69, 9.17) is 7.49 Å². The molecule has 0 aliphatic rings. The normalized spacial score (nSPS) is 11.1. The molecule has 4 rings (SSSR count). The van der Waals surface area contributed by atoms with Gasteiger partial charge in [0.1, 0.15) is 0 Å². The third-order valence-electron chi connectivity index (χ3n) is 5.11. The SMILES string of the molecule is [B]=C(c1ccccc1)C(c1ccccc1)(c1ccccc1)c1ccccc1. The Hall–Kier alpha value is -3.19. The van der Waals surface area contributed by atoms with E-state index in [1.165, 1.54) is 0 Å². The first-order chi connectivity index (χ1) is 13.3. The van der Waals surface area contributed by atoms with Crippen LogP contribution in [-0.2, 0) is 5.41 Å². The van der Waals surface area contributed by atoms with Crippen LogP contribution in [-0.4, -0.2) is 13.0 Å². The van der Waals surface area contributed by atoms with E-state index in [0.29, 0.717) is 0 Å². The van der Waals surface area contributed by atoms with Gasteiger partial charge in [0.05, 0.1) is 0 Å². The zero-order chi connectivity index (χ0) is 18.5. The third-order valence-corrected chi connectivity index (χ3v) is 5.11. The molecule has 0 aliphatic heterocycles. The zero-order valence-electron chi connectivity index (χ0n) is 15.1. The van der Waals surface area contributed by atoms with E-state index in [9.17, 15) is 0 Å². The third kappa shape index (κ3) is 3.06. The fourth-order valence-corrected chi connectivity index (χ4v) is 3.87. The van der Waals surface area contributed by atoms with E-state index in [2.05, 4.69) is 84.9 Å². The van der Waals surface area contributed by atoms with Crippen molar-refractivity contribution in [3.8, 4) is 0 Å². The summed E-state index contributed by atoms with van der Waals surface area (Å²) in [5, 5.41) is 0. The molecule has 4 aromatic carbocycles. The van der Waals surface area contributed by atoms with Gasteiger partial charge in [-0.05, 0) is 0 Å². The summed E-state index contributed by atoms with van der Waals surface area (Å²) in [7, 11) is 6.99. The molecule has 1 heteroatoms. The van der Waals surface area contributed by atoms with Crippen LogP contribution in [0.1, 0.15) is 22.3 Å². The molecule has 0 fully saturated rings. The molecule has 0 saturated heterocycles. The molecule has 0 heterocycles. The van der Waals surface area contributed by atoms with Gasteiger partial charge in [0.2, 0.25) is 0 Å². The molecule has 0 nitrogen and oxygen atoms in total. The summed E-state index contributed by atoms with van der Waals surface area (Å²) in [5.41, 5.74) is 4.77. The second kappa shape index (κ2) is 7.59. The maximum atomic E-state index is 6.99. The van der Waals surface area contributed by atoms with Gasteiger partial charge in [-0.1, -0.05) is 0 Å². The standard InChI is InChI=1S/C26H20B/c27-25(21-13-5-1-6-14-21)26(22-15-7-2-8-16-22,23-17-9-3-10-18-23)24-19-11-4-12-20-24/h1-20H. The molecule has 0 unspecified atom stereocenters. The molecular formula is C26H20B. The van der Waals surface area contributed by atoms with Gasteiger partial charge in [-0.3, -0.25) is 0 Å². The molecule has 127 valence electrons. The molecule has 0 amide bonds. The summed E-state index contributed by atoms with van der Waals surface area (Å²) in [4.78, 5) is 0. The minimum atomic E-state index is -0.564. The van der Waals surface area contributed by atoms with Crippen LogP contribution in [0.15, 0.2) is 121 Å². The Morgan fingerprint density at radius 3 is 1.07 bits per heavy atom. The van der Waals surface area contributed by atoms with Crippen LogP contribution in [0.25, 0.3) is 0 Å². The maximum absolute atomic E-state index is 6.99. The van der Waals surface area contributed by atoms with Gasteiger partial charge >= 0.3 is 162 Å². The van der Waals surface area contributed by atoms with Gasteiger partial charge in [-0.2, -0.15) is 0 Å². The van der Waals surface area contributed by atoms with Crippen LogP contribution in [0.3, 0.4) is 0 Å². The summed E-state index contributed by atoms with van der Waals surface area (Å²) in [6.07, 6.45) is 0. The van der Waals surface area contributed by atoms with Gasteiger partial charge in [0.15, 0.2) is 0 Å². The number of hydrogen-bond acceptors (Lipinski definition) is 0. The number of hydrogen-bond donors (Lipinski definition) is 0. The average Bonchev–Trinajstić information content (AvgIpc) is 2.77. The molecule has 0 atom stereocenters. The van der Waals surface area contributed by atoms with Crippen molar-refractivity contribution in [2.24, 2.45) is 0 Å². The number of rotatable bonds is 5. The van der Waals surface area contributed by atoms with E-state index in [-0.39, 0.29) is 0 Å². The summed E-state index contributed by atoms with van der Waals surface area (Å²) in [6.45, 7) is 0. The van der Waals surface area contributed by atoms with Crippen LogP contribution in [0.4, 0.5) is 0 Å². The summed E-state index contributed by atoms with van der Waals surface area (Å²) in [6, 6.07) is 41.8. The molecule has 0 bridgehead atoms. The topological polar surface area (TPSA) is 0 Å². The van der Waals surface area contributed by atoms with E-state index >= 15 is 0 Å². The molecule has 0 aliphatic carbocycles. The first kappa shape index (κ1) is 17.2. The first-order valence-corrected chi connectivity index (χ1v) is 9.18. The van der Waals surface area contributed by atoms with Gasteiger partial charge in [-0.15, -0.1) is 0 Å². The molecule has 0 aromatic heterocycles. The van der Waals surface area contributed by atoms with Gasteiger partial charge in [0, 0.05) is 0 Å². The summed E-state index contributed by atoms with van der Waals surface area (Å²) >= 11 is 0. The van der Waals surface area contributed by atoms with Crippen molar-refractivity contribution in [1.29, 1.82) is 0 Å². The Labute approximate surface area is 162 Å². The van der Waals surface area contributed by atoms with Crippen molar-refractivity contribution < 1.29 is 0 Å². The zero-order valence-corrected chi connectivity index (χ0v) is 15.1. The van der Waals surface area contributed by atoms with Crippen molar-refractivity contribution in [3.05, 3.63) is 144 Å². The predicted octanol–water partition coefficient (Wildman–Crippen LogP) is 5.41. The van der Waals surface area contributed by atoms with Crippen molar-refractivity contribution in [2.75, 3.05) is 0 Å². The predicted molar refractivity (Wildman–Crippen MR) is 116 cm³/mol. The van der Waals surface area contributed by atoms with E-state index in [1.807, 2.05) is 36.4 Å². The second-order valence-electron chi connectivity index (χ2n) is 6.63. The van der Waals surface area contributed by atoms with E-state index in [0.717, 1.165) is 27.7 Å². The Morgan fingerprint density at radius 1 is 0.444 bits per heavy atom. The molecule has 0 saturated carbocycles. The molecule has 1 radical (unpaired) electrons. The van der Waals surface area contributed by atoms with Crippen molar-refractivity contribution in [2.45, 2.75) is 5.41 Å². The van der Waals surface area contributed by atoms with E-state index < -0.39 is 5.41 Å². The average molecular weight is 343 g/mol. The quantitative estimate of drug-likeness (QED) is 0.336. The molecular weight excluding hydrogens is 323 g/mol. The Bertz CT molecular complexity index is 910. The molecule has 0 spiro atoms. The van der Waals surface area contributed by atoms with Crippen molar-refractivity contribution in [3.63, 3.8) is 0 Å². The second-order valence-corrected chi connectivity index (χ2v) is 6.63. The summed E-state index contributed by atoms with van der Waals surface area (Å²) < 4.78 is 0. The number of benzene rings is 4. The van der Waals surface area contributed by atoms with E-state index in [1.54, 1.807) is 0 Å². The molecule has 27 heavy (non-hydrogen) atoms. The van der Waals surface area contributed by atoms with Gasteiger partial charge < -0.3 is 0 Å². The fourth-order valence-electron chi connectivity index (χ4n) is 3.87. The van der Waals surface area contributed by atoms with Gasteiger partial charge in [-0.25, -0.2) is 0 Å².